The molecule has 0 aliphatic heterocycles. The van der Waals surface area contributed by atoms with Crippen molar-refractivity contribution in [3.8, 4) is 17.3 Å². The molecule has 0 saturated heterocycles. The molecule has 20 heavy (non-hydrogen) atoms. The SMILES string of the molecule is N#Cc1c(C(F)(F)F)cc(-c2ccc(Br)cc2)[nH]c1=S. The van der Waals surface area contributed by atoms with Crippen LogP contribution in [0.4, 0.5) is 13.2 Å². The van der Waals surface area contributed by atoms with Crippen molar-refractivity contribution in [1.29, 1.82) is 5.26 Å². The highest BCUT2D eigenvalue weighted by Crippen LogP contribution is 2.34. The first-order valence-corrected chi connectivity index (χ1v) is 6.53. The van der Waals surface area contributed by atoms with E-state index in [9.17, 15) is 13.2 Å². The van der Waals surface area contributed by atoms with Crippen LogP contribution in [0.2, 0.25) is 0 Å². The fraction of sp³-hybridized carbons (Fsp3) is 0.0769. The van der Waals surface area contributed by atoms with E-state index >= 15 is 0 Å². The van der Waals surface area contributed by atoms with Gasteiger partial charge in [-0.1, -0.05) is 40.3 Å². The van der Waals surface area contributed by atoms with Crippen LogP contribution in [0.5, 0.6) is 0 Å². The summed E-state index contributed by atoms with van der Waals surface area (Å²) < 4.78 is 39.5. The van der Waals surface area contributed by atoms with Gasteiger partial charge in [0.25, 0.3) is 0 Å². The molecule has 102 valence electrons. The van der Waals surface area contributed by atoms with Gasteiger partial charge in [-0.2, -0.15) is 18.4 Å². The molecule has 0 bridgehead atoms. The van der Waals surface area contributed by atoms with Crippen molar-refractivity contribution in [3.05, 3.63) is 50.6 Å². The summed E-state index contributed by atoms with van der Waals surface area (Å²) in [5.74, 6) is 0. The second kappa shape index (κ2) is 5.38. The number of aromatic amines is 1. The lowest BCUT2D eigenvalue weighted by Gasteiger charge is -2.11. The third kappa shape index (κ3) is 2.92. The minimum Gasteiger partial charge on any atom is -0.345 e. The third-order valence-corrected chi connectivity index (χ3v) is 3.44. The van der Waals surface area contributed by atoms with Gasteiger partial charge in [0.15, 0.2) is 0 Å². The summed E-state index contributed by atoms with van der Waals surface area (Å²) in [6, 6.07) is 9.11. The Morgan fingerprint density at radius 1 is 1.20 bits per heavy atom. The molecule has 0 atom stereocenters. The van der Waals surface area contributed by atoms with E-state index in [-0.39, 0.29) is 10.3 Å². The number of rotatable bonds is 1. The summed E-state index contributed by atoms with van der Waals surface area (Å²) >= 11 is 8.08. The molecule has 1 heterocycles. The number of halogens is 4. The largest absolute Gasteiger partial charge is 0.417 e. The van der Waals surface area contributed by atoms with Crippen molar-refractivity contribution >= 4 is 28.1 Å². The Balaban J connectivity index is 2.69. The normalized spacial score (nSPS) is 11.2. The van der Waals surface area contributed by atoms with E-state index in [1.165, 1.54) is 6.07 Å². The van der Waals surface area contributed by atoms with Gasteiger partial charge in [-0.15, -0.1) is 0 Å². The van der Waals surface area contributed by atoms with Crippen molar-refractivity contribution in [3.63, 3.8) is 0 Å². The number of nitrogens with one attached hydrogen (secondary N) is 1. The minimum atomic E-state index is -4.63. The van der Waals surface area contributed by atoms with E-state index in [4.69, 9.17) is 17.5 Å². The van der Waals surface area contributed by atoms with Gasteiger partial charge in [0.05, 0.1) is 11.1 Å². The Morgan fingerprint density at radius 3 is 2.30 bits per heavy atom. The number of hydrogen-bond donors (Lipinski definition) is 1. The molecule has 2 nitrogen and oxygen atoms in total. The second-order valence-corrected chi connectivity index (χ2v) is 5.24. The average molecular weight is 359 g/mol. The Labute approximate surface area is 126 Å². The van der Waals surface area contributed by atoms with Gasteiger partial charge in [0, 0.05) is 10.2 Å². The number of alkyl halides is 3. The number of nitriles is 1. The van der Waals surface area contributed by atoms with Crippen LogP contribution in [-0.2, 0) is 6.18 Å². The molecule has 0 spiro atoms. The molecule has 2 rings (SSSR count). The highest BCUT2D eigenvalue weighted by molar-refractivity contribution is 9.10. The number of H-pyrrole nitrogens is 1. The summed E-state index contributed by atoms with van der Waals surface area (Å²) in [5.41, 5.74) is -0.821. The van der Waals surface area contributed by atoms with Gasteiger partial charge in [-0.05, 0) is 23.8 Å². The van der Waals surface area contributed by atoms with Gasteiger partial charge < -0.3 is 4.98 Å². The third-order valence-electron chi connectivity index (χ3n) is 2.61. The number of pyridine rings is 1. The fourth-order valence-corrected chi connectivity index (χ4v) is 2.21. The summed E-state index contributed by atoms with van der Waals surface area (Å²) in [7, 11) is 0. The molecule has 2 aromatic rings. The topological polar surface area (TPSA) is 39.6 Å². The standard InChI is InChI=1S/C13H6BrF3N2S/c14-8-3-1-7(2-4-8)11-5-10(13(15,16)17)9(6-18)12(20)19-11/h1-5H,(H,19,20). The van der Waals surface area contributed by atoms with Crippen molar-refractivity contribution in [2.45, 2.75) is 6.18 Å². The molecule has 0 fully saturated rings. The zero-order chi connectivity index (χ0) is 14.9. The van der Waals surface area contributed by atoms with E-state index in [1.807, 2.05) is 0 Å². The van der Waals surface area contributed by atoms with Crippen LogP contribution in [-0.4, -0.2) is 4.98 Å². The zero-order valence-corrected chi connectivity index (χ0v) is 12.2. The molecular weight excluding hydrogens is 353 g/mol. The van der Waals surface area contributed by atoms with Crippen molar-refractivity contribution in [2.75, 3.05) is 0 Å². The van der Waals surface area contributed by atoms with Gasteiger partial charge in [-0.25, -0.2) is 0 Å². The Morgan fingerprint density at radius 2 is 1.80 bits per heavy atom. The maximum Gasteiger partial charge on any atom is 0.417 e. The summed E-state index contributed by atoms with van der Waals surface area (Å²) in [5, 5.41) is 8.82. The van der Waals surface area contributed by atoms with E-state index < -0.39 is 17.3 Å². The smallest absolute Gasteiger partial charge is 0.345 e. The van der Waals surface area contributed by atoms with Crippen molar-refractivity contribution in [2.24, 2.45) is 0 Å². The van der Waals surface area contributed by atoms with E-state index in [2.05, 4.69) is 20.9 Å². The summed E-state index contributed by atoms with van der Waals surface area (Å²) in [6.07, 6.45) is -4.63. The van der Waals surface area contributed by atoms with Gasteiger partial charge in [0.1, 0.15) is 10.7 Å². The van der Waals surface area contributed by atoms with Crippen LogP contribution < -0.4 is 0 Å². The van der Waals surface area contributed by atoms with Gasteiger partial charge in [-0.3, -0.25) is 0 Å². The molecule has 0 saturated carbocycles. The minimum absolute atomic E-state index is 0.217. The maximum absolute atomic E-state index is 13.0. The lowest BCUT2D eigenvalue weighted by Crippen LogP contribution is -2.09. The molecule has 0 aliphatic rings. The molecule has 7 heteroatoms. The highest BCUT2D eigenvalue weighted by Gasteiger charge is 2.34. The van der Waals surface area contributed by atoms with Crippen LogP contribution in [0.15, 0.2) is 34.8 Å². The molecule has 0 unspecified atom stereocenters. The van der Waals surface area contributed by atoms with E-state index in [1.54, 1.807) is 24.3 Å². The molecule has 1 aromatic heterocycles. The summed E-state index contributed by atoms with van der Waals surface area (Å²) in [6.45, 7) is 0. The second-order valence-electron chi connectivity index (χ2n) is 3.92. The molecule has 1 N–H and O–H groups in total. The number of aromatic nitrogens is 1. The summed E-state index contributed by atoms with van der Waals surface area (Å²) in [4.78, 5) is 2.65. The fourth-order valence-electron chi connectivity index (χ4n) is 1.68. The van der Waals surface area contributed by atoms with Crippen LogP contribution in [0.1, 0.15) is 11.1 Å². The molecule has 1 aromatic carbocycles. The van der Waals surface area contributed by atoms with Gasteiger partial charge >= 0.3 is 6.18 Å². The quantitative estimate of drug-likeness (QED) is 0.723. The highest BCUT2D eigenvalue weighted by atomic mass is 79.9. The molecule has 0 amide bonds. The molecule has 0 radical (unpaired) electrons. The predicted molar refractivity (Wildman–Crippen MR) is 74.5 cm³/mol. The molecular formula is C13H6BrF3N2S. The number of hydrogen-bond acceptors (Lipinski definition) is 2. The monoisotopic (exact) mass is 358 g/mol. The lowest BCUT2D eigenvalue weighted by atomic mass is 10.1. The van der Waals surface area contributed by atoms with Crippen LogP contribution in [0, 0.1) is 16.0 Å². The Kier molecular flexibility index (Phi) is 3.97. The first-order valence-electron chi connectivity index (χ1n) is 5.33. The van der Waals surface area contributed by atoms with Crippen molar-refractivity contribution in [1.82, 2.24) is 4.98 Å². The van der Waals surface area contributed by atoms with Gasteiger partial charge in [0.2, 0.25) is 0 Å². The number of nitrogens with zero attached hydrogens (tertiary/aromatic N) is 1. The van der Waals surface area contributed by atoms with E-state index in [0.29, 0.717) is 5.56 Å². The predicted octanol–water partition coefficient (Wildman–Crippen LogP) is 5.06. The lowest BCUT2D eigenvalue weighted by molar-refractivity contribution is -0.137. The van der Waals surface area contributed by atoms with Crippen LogP contribution >= 0.6 is 28.1 Å². The maximum atomic E-state index is 13.0. The average Bonchev–Trinajstić information content (AvgIpc) is 2.37. The van der Waals surface area contributed by atoms with E-state index in [0.717, 1.165) is 10.5 Å². The van der Waals surface area contributed by atoms with Crippen molar-refractivity contribution < 1.29 is 13.2 Å². The first-order chi connectivity index (χ1) is 9.32. The van der Waals surface area contributed by atoms with Crippen LogP contribution in [0.3, 0.4) is 0 Å². The first kappa shape index (κ1) is 14.8. The zero-order valence-electron chi connectivity index (χ0n) is 9.75. The Hall–Kier alpha value is -1.65. The number of benzene rings is 1. The van der Waals surface area contributed by atoms with Crippen LogP contribution in [0.25, 0.3) is 11.3 Å². The Bertz CT molecular complexity index is 742. The molecule has 0 aliphatic carbocycles.